The summed E-state index contributed by atoms with van der Waals surface area (Å²) in [5.41, 5.74) is 1.25. The summed E-state index contributed by atoms with van der Waals surface area (Å²) in [6.45, 7) is 0. The van der Waals surface area contributed by atoms with Crippen LogP contribution < -0.4 is 5.32 Å². The van der Waals surface area contributed by atoms with E-state index in [1.807, 2.05) is 0 Å². The van der Waals surface area contributed by atoms with Gasteiger partial charge in [-0.05, 0) is 37.1 Å². The average molecular weight is 268 g/mol. The molecule has 0 aromatic heterocycles. The first-order chi connectivity index (χ1) is 7.34. The molecule has 82 valence electrons. The molecule has 15 heavy (non-hydrogen) atoms. The van der Waals surface area contributed by atoms with Crippen LogP contribution in [0.3, 0.4) is 0 Å². The van der Waals surface area contributed by atoms with Crippen LogP contribution in [0.1, 0.15) is 38.5 Å². The molecule has 0 aliphatic heterocycles. The fourth-order valence-corrected chi connectivity index (χ4v) is 2.47. The Morgan fingerprint density at radius 3 is 2.13 bits per heavy atom. The van der Waals surface area contributed by atoms with E-state index in [1.54, 1.807) is 0 Å². The zero-order valence-electron chi connectivity index (χ0n) is 9.01. The highest BCUT2D eigenvalue weighted by atomic mass is 79.9. The Kier molecular flexibility index (Phi) is 4.07. The van der Waals surface area contributed by atoms with Crippen LogP contribution in [0.15, 0.2) is 28.7 Å². The molecule has 2 heteroatoms. The highest BCUT2D eigenvalue weighted by Crippen LogP contribution is 2.22. The molecule has 1 aliphatic rings. The summed E-state index contributed by atoms with van der Waals surface area (Å²) in [6.07, 6.45) is 8.26. The molecule has 0 atom stereocenters. The number of hydrogen-bond donors (Lipinski definition) is 1. The number of benzene rings is 1. The van der Waals surface area contributed by atoms with E-state index in [1.165, 1.54) is 44.2 Å². The summed E-state index contributed by atoms with van der Waals surface area (Å²) < 4.78 is 1.15. The second-order valence-electron chi connectivity index (χ2n) is 4.34. The molecule has 0 heterocycles. The first-order valence-electron chi connectivity index (χ1n) is 5.87. The van der Waals surface area contributed by atoms with Crippen molar-refractivity contribution < 1.29 is 0 Å². The standard InChI is InChI=1S/C13H18BrN/c14-11-7-9-13(10-8-11)15-12-5-3-1-2-4-6-12/h7-10,12,15H,1-6H2. The van der Waals surface area contributed by atoms with Crippen molar-refractivity contribution in [1.29, 1.82) is 0 Å². The topological polar surface area (TPSA) is 12.0 Å². The van der Waals surface area contributed by atoms with Crippen molar-refractivity contribution in [2.45, 2.75) is 44.6 Å². The molecule has 1 nitrogen and oxygen atoms in total. The minimum Gasteiger partial charge on any atom is -0.382 e. The van der Waals surface area contributed by atoms with Gasteiger partial charge in [-0.3, -0.25) is 0 Å². The van der Waals surface area contributed by atoms with E-state index in [-0.39, 0.29) is 0 Å². The molecule has 1 N–H and O–H groups in total. The fraction of sp³-hybridized carbons (Fsp3) is 0.538. The van der Waals surface area contributed by atoms with Crippen LogP contribution >= 0.6 is 15.9 Å². The van der Waals surface area contributed by atoms with Gasteiger partial charge in [-0.25, -0.2) is 0 Å². The molecular formula is C13H18BrN. The maximum absolute atomic E-state index is 3.63. The van der Waals surface area contributed by atoms with Gasteiger partial charge >= 0.3 is 0 Å². The van der Waals surface area contributed by atoms with Crippen LogP contribution in [-0.2, 0) is 0 Å². The SMILES string of the molecule is Brc1ccc(NC2CCCCCC2)cc1. The zero-order valence-corrected chi connectivity index (χ0v) is 10.6. The zero-order chi connectivity index (χ0) is 10.5. The van der Waals surface area contributed by atoms with Crippen LogP contribution in [0, 0.1) is 0 Å². The second-order valence-corrected chi connectivity index (χ2v) is 5.26. The van der Waals surface area contributed by atoms with E-state index in [2.05, 4.69) is 45.5 Å². The summed E-state index contributed by atoms with van der Waals surface area (Å²) in [5, 5.41) is 3.63. The Balaban J connectivity index is 1.92. The summed E-state index contributed by atoms with van der Waals surface area (Å²) in [4.78, 5) is 0. The van der Waals surface area contributed by atoms with Crippen molar-refractivity contribution in [1.82, 2.24) is 0 Å². The Bertz CT molecular complexity index is 286. The molecular weight excluding hydrogens is 250 g/mol. The lowest BCUT2D eigenvalue weighted by Crippen LogP contribution is -2.17. The highest BCUT2D eigenvalue weighted by Gasteiger charge is 2.11. The summed E-state index contributed by atoms with van der Waals surface area (Å²) in [6, 6.07) is 9.18. The van der Waals surface area contributed by atoms with E-state index in [9.17, 15) is 0 Å². The molecule has 0 saturated heterocycles. The molecule has 2 rings (SSSR count). The first-order valence-corrected chi connectivity index (χ1v) is 6.66. The third-order valence-corrected chi connectivity index (χ3v) is 3.60. The molecule has 0 amide bonds. The Labute approximate surface area is 100 Å². The van der Waals surface area contributed by atoms with Crippen molar-refractivity contribution in [3.63, 3.8) is 0 Å². The van der Waals surface area contributed by atoms with E-state index in [4.69, 9.17) is 0 Å². The highest BCUT2D eigenvalue weighted by molar-refractivity contribution is 9.10. The van der Waals surface area contributed by atoms with Gasteiger partial charge in [0.25, 0.3) is 0 Å². The van der Waals surface area contributed by atoms with Gasteiger partial charge in [0.05, 0.1) is 0 Å². The Morgan fingerprint density at radius 1 is 0.933 bits per heavy atom. The van der Waals surface area contributed by atoms with Crippen LogP contribution in [0.2, 0.25) is 0 Å². The maximum atomic E-state index is 3.63. The lowest BCUT2D eigenvalue weighted by Gasteiger charge is -2.17. The Morgan fingerprint density at radius 2 is 1.53 bits per heavy atom. The minimum atomic E-state index is 0.689. The third kappa shape index (κ3) is 3.53. The lowest BCUT2D eigenvalue weighted by atomic mass is 10.1. The molecule has 0 spiro atoms. The molecule has 0 unspecified atom stereocenters. The predicted molar refractivity (Wildman–Crippen MR) is 69.3 cm³/mol. The largest absolute Gasteiger partial charge is 0.382 e. The monoisotopic (exact) mass is 267 g/mol. The van der Waals surface area contributed by atoms with Crippen LogP contribution in [-0.4, -0.2) is 6.04 Å². The summed E-state index contributed by atoms with van der Waals surface area (Å²) in [7, 11) is 0. The van der Waals surface area contributed by atoms with Gasteiger partial charge in [0.1, 0.15) is 0 Å². The molecule has 0 radical (unpaired) electrons. The number of anilines is 1. The predicted octanol–water partition coefficient (Wildman–Crippen LogP) is 4.58. The van der Waals surface area contributed by atoms with Gasteiger partial charge in [-0.1, -0.05) is 41.6 Å². The van der Waals surface area contributed by atoms with Crippen molar-refractivity contribution in [3.8, 4) is 0 Å². The molecule has 1 aromatic rings. The Hall–Kier alpha value is -0.500. The van der Waals surface area contributed by atoms with E-state index in [0.717, 1.165) is 4.47 Å². The lowest BCUT2D eigenvalue weighted by molar-refractivity contribution is 0.620. The van der Waals surface area contributed by atoms with E-state index in [0.29, 0.717) is 6.04 Å². The van der Waals surface area contributed by atoms with Gasteiger partial charge in [-0.15, -0.1) is 0 Å². The van der Waals surface area contributed by atoms with Gasteiger partial charge < -0.3 is 5.32 Å². The number of nitrogens with one attached hydrogen (secondary N) is 1. The number of hydrogen-bond acceptors (Lipinski definition) is 1. The van der Waals surface area contributed by atoms with Gasteiger partial charge in [0.15, 0.2) is 0 Å². The summed E-state index contributed by atoms with van der Waals surface area (Å²) >= 11 is 3.46. The van der Waals surface area contributed by atoms with Crippen molar-refractivity contribution >= 4 is 21.6 Å². The molecule has 1 aliphatic carbocycles. The van der Waals surface area contributed by atoms with Crippen LogP contribution in [0.4, 0.5) is 5.69 Å². The smallest absolute Gasteiger partial charge is 0.0343 e. The first kappa shape index (κ1) is 11.0. The minimum absolute atomic E-state index is 0.689. The van der Waals surface area contributed by atoms with Gasteiger partial charge in [-0.2, -0.15) is 0 Å². The average Bonchev–Trinajstić information content (AvgIpc) is 2.50. The number of halogens is 1. The maximum Gasteiger partial charge on any atom is 0.0343 e. The van der Waals surface area contributed by atoms with Crippen molar-refractivity contribution in [2.75, 3.05) is 5.32 Å². The molecule has 0 bridgehead atoms. The van der Waals surface area contributed by atoms with Gasteiger partial charge in [0, 0.05) is 16.2 Å². The van der Waals surface area contributed by atoms with Crippen molar-refractivity contribution in [2.24, 2.45) is 0 Å². The van der Waals surface area contributed by atoms with E-state index >= 15 is 0 Å². The van der Waals surface area contributed by atoms with E-state index < -0.39 is 0 Å². The molecule has 1 aromatic carbocycles. The molecule has 1 saturated carbocycles. The fourth-order valence-electron chi connectivity index (χ4n) is 2.21. The summed E-state index contributed by atoms with van der Waals surface area (Å²) in [5.74, 6) is 0. The van der Waals surface area contributed by atoms with Crippen molar-refractivity contribution in [3.05, 3.63) is 28.7 Å². The van der Waals surface area contributed by atoms with Gasteiger partial charge in [0.2, 0.25) is 0 Å². The molecule has 1 fully saturated rings. The van der Waals surface area contributed by atoms with Crippen LogP contribution in [0.5, 0.6) is 0 Å². The van der Waals surface area contributed by atoms with Crippen LogP contribution in [0.25, 0.3) is 0 Å². The second kappa shape index (κ2) is 5.55. The third-order valence-electron chi connectivity index (χ3n) is 3.07. The number of rotatable bonds is 2. The normalized spacial score (nSPS) is 18.5. The quantitative estimate of drug-likeness (QED) is 0.774.